The summed E-state index contributed by atoms with van der Waals surface area (Å²) >= 11 is 3.27. The maximum atomic E-state index is 13.7. The molecule has 26 heavy (non-hydrogen) atoms. The summed E-state index contributed by atoms with van der Waals surface area (Å²) in [5.74, 6) is -0.905. The minimum absolute atomic E-state index is 0.0705. The van der Waals surface area contributed by atoms with Crippen LogP contribution in [0.5, 0.6) is 0 Å². The Kier molecular flexibility index (Phi) is 5.48. The lowest BCUT2D eigenvalue weighted by Crippen LogP contribution is -2.23. The van der Waals surface area contributed by atoms with Crippen LogP contribution in [0.15, 0.2) is 69.8 Å². The molecule has 7 heteroatoms. The minimum atomic E-state index is -0.385. The Balaban J connectivity index is 1.60. The largest absolute Gasteiger partial charge is 0.459 e. The Labute approximate surface area is 157 Å². The molecule has 3 aromatic rings. The van der Waals surface area contributed by atoms with Crippen LogP contribution in [0.3, 0.4) is 0 Å². The molecule has 0 fully saturated rings. The summed E-state index contributed by atoms with van der Waals surface area (Å²) in [7, 11) is 0. The standard InChI is InChI=1S/C19H14BrFN2O3/c20-14-5-8-16(21)13(10-14)11-22-18(24)12-3-6-15(7-4-12)23-19(25)17-2-1-9-26-17/h1-10H,11H2,(H,22,24)(H,23,25). The second-order valence-electron chi connectivity index (χ2n) is 5.43. The Morgan fingerprint density at radius 3 is 2.50 bits per heavy atom. The summed E-state index contributed by atoms with van der Waals surface area (Å²) in [5.41, 5.74) is 1.31. The van der Waals surface area contributed by atoms with Crippen molar-refractivity contribution in [1.29, 1.82) is 0 Å². The zero-order chi connectivity index (χ0) is 18.5. The van der Waals surface area contributed by atoms with E-state index in [0.717, 1.165) is 4.47 Å². The number of hydrogen-bond donors (Lipinski definition) is 2. The second-order valence-corrected chi connectivity index (χ2v) is 6.34. The fourth-order valence-electron chi connectivity index (χ4n) is 2.26. The normalized spacial score (nSPS) is 10.4. The van der Waals surface area contributed by atoms with Crippen molar-refractivity contribution in [2.75, 3.05) is 5.32 Å². The lowest BCUT2D eigenvalue weighted by atomic mass is 10.1. The molecule has 2 amide bonds. The zero-order valence-electron chi connectivity index (χ0n) is 13.5. The van der Waals surface area contributed by atoms with Gasteiger partial charge in [0.05, 0.1) is 6.26 Å². The molecule has 0 spiro atoms. The monoisotopic (exact) mass is 416 g/mol. The lowest BCUT2D eigenvalue weighted by Gasteiger charge is -2.08. The Hall–Kier alpha value is -2.93. The molecule has 2 N–H and O–H groups in total. The molecular formula is C19H14BrFN2O3. The Morgan fingerprint density at radius 1 is 1.04 bits per heavy atom. The van der Waals surface area contributed by atoms with E-state index in [1.54, 1.807) is 48.5 Å². The first-order valence-corrected chi connectivity index (χ1v) is 8.49. The highest BCUT2D eigenvalue weighted by molar-refractivity contribution is 9.10. The van der Waals surface area contributed by atoms with Gasteiger partial charge in [-0.3, -0.25) is 9.59 Å². The molecule has 0 atom stereocenters. The van der Waals surface area contributed by atoms with Gasteiger partial charge < -0.3 is 15.1 Å². The first-order chi connectivity index (χ1) is 12.5. The molecule has 5 nitrogen and oxygen atoms in total. The number of hydrogen-bond acceptors (Lipinski definition) is 3. The van der Waals surface area contributed by atoms with Crippen LogP contribution in [0.4, 0.5) is 10.1 Å². The third-order valence-electron chi connectivity index (χ3n) is 3.60. The number of nitrogens with one attached hydrogen (secondary N) is 2. The van der Waals surface area contributed by atoms with E-state index in [-0.39, 0.29) is 29.9 Å². The van der Waals surface area contributed by atoms with Crippen molar-refractivity contribution >= 4 is 33.4 Å². The fraction of sp³-hybridized carbons (Fsp3) is 0.0526. The molecule has 1 heterocycles. The Bertz CT molecular complexity index is 924. The van der Waals surface area contributed by atoms with E-state index in [0.29, 0.717) is 16.8 Å². The predicted octanol–water partition coefficient (Wildman–Crippen LogP) is 4.36. The van der Waals surface area contributed by atoms with E-state index in [4.69, 9.17) is 4.42 Å². The number of amides is 2. The van der Waals surface area contributed by atoms with Crippen molar-refractivity contribution in [3.8, 4) is 0 Å². The highest BCUT2D eigenvalue weighted by Gasteiger charge is 2.11. The van der Waals surface area contributed by atoms with E-state index < -0.39 is 0 Å². The summed E-state index contributed by atoms with van der Waals surface area (Å²) in [6.45, 7) is 0.0705. The van der Waals surface area contributed by atoms with Gasteiger partial charge in [0.2, 0.25) is 0 Å². The zero-order valence-corrected chi connectivity index (χ0v) is 15.0. The van der Waals surface area contributed by atoms with Crippen molar-refractivity contribution in [2.24, 2.45) is 0 Å². The van der Waals surface area contributed by atoms with Crippen LogP contribution in [-0.4, -0.2) is 11.8 Å². The van der Waals surface area contributed by atoms with Crippen LogP contribution in [-0.2, 0) is 6.54 Å². The fourth-order valence-corrected chi connectivity index (χ4v) is 2.67. The van der Waals surface area contributed by atoms with E-state index in [9.17, 15) is 14.0 Å². The number of carbonyl (C=O) groups is 2. The van der Waals surface area contributed by atoms with Crippen molar-refractivity contribution in [3.05, 3.63) is 88.0 Å². The molecule has 0 saturated heterocycles. The Morgan fingerprint density at radius 2 is 1.81 bits per heavy atom. The number of anilines is 1. The molecule has 0 aliphatic rings. The number of carbonyl (C=O) groups excluding carboxylic acids is 2. The molecule has 3 rings (SSSR count). The van der Waals surface area contributed by atoms with E-state index in [1.165, 1.54) is 12.3 Å². The summed E-state index contributed by atoms with van der Waals surface area (Å²) in [6, 6.07) is 14.1. The maximum absolute atomic E-state index is 13.7. The second kappa shape index (κ2) is 7.97. The van der Waals surface area contributed by atoms with Crippen molar-refractivity contribution < 1.29 is 18.4 Å². The smallest absolute Gasteiger partial charge is 0.291 e. The maximum Gasteiger partial charge on any atom is 0.291 e. The van der Waals surface area contributed by atoms with Gasteiger partial charge in [-0.2, -0.15) is 0 Å². The van der Waals surface area contributed by atoms with Gasteiger partial charge in [-0.25, -0.2) is 4.39 Å². The summed E-state index contributed by atoms with van der Waals surface area (Å²) in [6.07, 6.45) is 1.41. The molecule has 0 aliphatic heterocycles. The number of benzene rings is 2. The number of rotatable bonds is 5. The van der Waals surface area contributed by atoms with Gasteiger partial charge in [0.1, 0.15) is 5.82 Å². The van der Waals surface area contributed by atoms with Crippen LogP contribution in [0, 0.1) is 5.82 Å². The minimum Gasteiger partial charge on any atom is -0.459 e. The van der Waals surface area contributed by atoms with E-state index in [1.807, 2.05) is 0 Å². The molecule has 0 saturated carbocycles. The molecule has 132 valence electrons. The number of halogens is 2. The predicted molar refractivity (Wildman–Crippen MR) is 98.4 cm³/mol. The van der Waals surface area contributed by atoms with Gasteiger partial charge in [-0.15, -0.1) is 0 Å². The van der Waals surface area contributed by atoms with E-state index in [2.05, 4.69) is 26.6 Å². The van der Waals surface area contributed by atoms with Gasteiger partial charge >= 0.3 is 0 Å². The van der Waals surface area contributed by atoms with Crippen LogP contribution in [0.2, 0.25) is 0 Å². The van der Waals surface area contributed by atoms with Crippen LogP contribution < -0.4 is 10.6 Å². The van der Waals surface area contributed by atoms with Gasteiger partial charge in [0.15, 0.2) is 5.76 Å². The summed E-state index contributed by atoms with van der Waals surface area (Å²) in [4.78, 5) is 24.1. The SMILES string of the molecule is O=C(NCc1cc(Br)ccc1F)c1ccc(NC(=O)c2ccco2)cc1. The summed E-state index contributed by atoms with van der Waals surface area (Å²) in [5, 5.41) is 5.33. The van der Waals surface area contributed by atoms with Crippen molar-refractivity contribution in [3.63, 3.8) is 0 Å². The molecule has 1 aromatic heterocycles. The third-order valence-corrected chi connectivity index (χ3v) is 4.09. The molecular weight excluding hydrogens is 403 g/mol. The third kappa shape index (κ3) is 4.37. The first-order valence-electron chi connectivity index (χ1n) is 7.70. The average Bonchev–Trinajstić information content (AvgIpc) is 3.18. The topological polar surface area (TPSA) is 71.3 Å². The number of furan rings is 1. The van der Waals surface area contributed by atoms with Crippen LogP contribution in [0.25, 0.3) is 0 Å². The molecule has 0 radical (unpaired) electrons. The van der Waals surface area contributed by atoms with Gasteiger partial charge in [-0.1, -0.05) is 15.9 Å². The summed E-state index contributed by atoms with van der Waals surface area (Å²) < 4.78 is 19.4. The highest BCUT2D eigenvalue weighted by Crippen LogP contribution is 2.16. The van der Waals surface area contributed by atoms with Gasteiger partial charge in [0, 0.05) is 27.8 Å². The van der Waals surface area contributed by atoms with Crippen LogP contribution >= 0.6 is 15.9 Å². The molecule has 0 unspecified atom stereocenters. The highest BCUT2D eigenvalue weighted by atomic mass is 79.9. The molecule has 2 aromatic carbocycles. The van der Waals surface area contributed by atoms with Crippen molar-refractivity contribution in [1.82, 2.24) is 5.32 Å². The molecule has 0 aliphatic carbocycles. The van der Waals surface area contributed by atoms with Gasteiger partial charge in [0.25, 0.3) is 11.8 Å². The first kappa shape index (κ1) is 17.9. The van der Waals surface area contributed by atoms with Gasteiger partial charge in [-0.05, 0) is 54.6 Å². The van der Waals surface area contributed by atoms with Crippen molar-refractivity contribution in [2.45, 2.75) is 6.54 Å². The van der Waals surface area contributed by atoms with E-state index >= 15 is 0 Å². The quantitative estimate of drug-likeness (QED) is 0.648. The van der Waals surface area contributed by atoms with Crippen LogP contribution in [0.1, 0.15) is 26.5 Å². The molecule has 0 bridgehead atoms. The average molecular weight is 417 g/mol. The lowest BCUT2D eigenvalue weighted by molar-refractivity contribution is 0.0949.